The average Bonchev–Trinajstić information content (AvgIpc) is 1.59. The van der Waals surface area contributed by atoms with Gasteiger partial charge in [0.2, 0.25) is 5.95 Å². The molecule has 560 valence electrons. The Labute approximate surface area is 634 Å². The number of fused-ring (bicyclic) bond motifs is 3. The number of halogens is 1. The van der Waals surface area contributed by atoms with Crippen LogP contribution in [-0.4, -0.2) is 197 Å². The van der Waals surface area contributed by atoms with Crippen LogP contribution >= 0.6 is 0 Å². The number of hydrogen-bond acceptors (Lipinski definition) is 23. The van der Waals surface area contributed by atoms with Gasteiger partial charge in [-0.15, -0.1) is 19.3 Å². The summed E-state index contributed by atoms with van der Waals surface area (Å²) in [5.41, 5.74) is 8.93. The van der Waals surface area contributed by atoms with Crippen LogP contribution in [0.2, 0.25) is 0 Å². The van der Waals surface area contributed by atoms with Gasteiger partial charge < -0.3 is 28.9 Å². The highest BCUT2D eigenvalue weighted by Gasteiger charge is 2.32. The maximum absolute atomic E-state index is 13.5. The average molecular weight is 1540 g/mol. The molecule has 110 heavy (non-hydrogen) atoms. The highest BCUT2D eigenvalue weighted by molar-refractivity contribution is 7.90. The summed E-state index contributed by atoms with van der Waals surface area (Å²) in [6.45, 7) is 11.6. The van der Waals surface area contributed by atoms with E-state index in [-0.39, 0.29) is 30.9 Å². The van der Waals surface area contributed by atoms with Crippen LogP contribution in [0.3, 0.4) is 0 Å². The number of aromatic nitrogens is 11. The van der Waals surface area contributed by atoms with Crippen molar-refractivity contribution in [3.05, 3.63) is 175 Å². The van der Waals surface area contributed by atoms with Crippen molar-refractivity contribution in [1.82, 2.24) is 71.4 Å². The van der Waals surface area contributed by atoms with Crippen LogP contribution < -0.4 is 43.1 Å². The molecular weight excluding hydrogens is 1470 g/mol. The van der Waals surface area contributed by atoms with Crippen molar-refractivity contribution >= 4 is 76.0 Å². The number of nitrogens with zero attached hydrogens (tertiary/aromatic N) is 20. The molecule has 14 heterocycles. The van der Waals surface area contributed by atoms with E-state index in [2.05, 4.69) is 90.4 Å². The lowest BCUT2D eigenvalue weighted by Gasteiger charge is -2.34. The molecule has 3 fully saturated rings. The zero-order chi connectivity index (χ0) is 77.7. The van der Waals surface area contributed by atoms with Gasteiger partial charge in [-0.3, -0.25) is 14.4 Å². The Morgan fingerprint density at radius 1 is 0.445 bits per heavy atom. The van der Waals surface area contributed by atoms with Crippen LogP contribution in [0.15, 0.2) is 141 Å². The van der Waals surface area contributed by atoms with Gasteiger partial charge >= 0.3 is 20.4 Å². The van der Waals surface area contributed by atoms with Gasteiger partial charge in [0.05, 0.1) is 126 Å². The van der Waals surface area contributed by atoms with Crippen molar-refractivity contribution in [3.8, 4) is 106 Å². The fraction of sp³-hybridized carbons (Fsp3) is 0.257. The van der Waals surface area contributed by atoms with Crippen molar-refractivity contribution in [3.63, 3.8) is 0 Å². The molecule has 0 bridgehead atoms. The molecule has 0 radical (unpaired) electrons. The first-order valence-electron chi connectivity index (χ1n) is 34.3. The lowest BCUT2D eigenvalue weighted by atomic mass is 10.1. The lowest BCUT2D eigenvalue weighted by Crippen LogP contribution is -2.52. The van der Waals surface area contributed by atoms with Gasteiger partial charge in [-0.1, -0.05) is 17.8 Å². The highest BCUT2D eigenvalue weighted by atomic mass is 32.2. The summed E-state index contributed by atoms with van der Waals surface area (Å²) >= 11 is 0. The van der Waals surface area contributed by atoms with Gasteiger partial charge in [-0.05, 0) is 87.5 Å². The molecule has 11 aromatic heterocycles. The smallest absolute Gasteiger partial charge is 0.301 e. The summed E-state index contributed by atoms with van der Waals surface area (Å²) in [5, 5.41) is 41.4. The van der Waals surface area contributed by atoms with Crippen molar-refractivity contribution < 1.29 is 43.9 Å². The van der Waals surface area contributed by atoms with Crippen LogP contribution in [0.25, 0.3) is 49.9 Å². The second-order valence-corrected chi connectivity index (χ2v) is 29.5. The Morgan fingerprint density at radius 3 is 1.15 bits per heavy atom. The van der Waals surface area contributed by atoms with Crippen LogP contribution in [0, 0.1) is 77.0 Å². The Kier molecular flexibility index (Phi) is 23.6. The number of anilines is 5. The number of terminal acetylenes is 3. The third-order valence-electron chi connectivity index (χ3n) is 17.7. The summed E-state index contributed by atoms with van der Waals surface area (Å²) in [4.78, 5) is 27.4. The zero-order valence-electron chi connectivity index (χ0n) is 59.5. The molecule has 14 rings (SSSR count). The van der Waals surface area contributed by atoms with E-state index in [4.69, 9.17) is 33.5 Å². The minimum absolute atomic E-state index is 0.0337. The lowest BCUT2D eigenvalue weighted by molar-refractivity contribution is 0.338. The number of pyridine rings is 8. The van der Waals surface area contributed by atoms with Gasteiger partial charge in [0.1, 0.15) is 52.9 Å². The maximum Gasteiger partial charge on any atom is 0.301 e. The summed E-state index contributed by atoms with van der Waals surface area (Å²) in [6.07, 6.45) is 34.7. The molecule has 3 N–H and O–H groups in total. The number of rotatable bonds is 21. The van der Waals surface area contributed by atoms with Crippen molar-refractivity contribution in [2.24, 2.45) is 0 Å². The number of nitrogens with one attached hydrogen (secondary N) is 3. The molecule has 0 unspecified atom stereocenters. The zero-order valence-corrected chi connectivity index (χ0v) is 62.0. The van der Waals surface area contributed by atoms with Gasteiger partial charge in [0, 0.05) is 142 Å². The van der Waals surface area contributed by atoms with E-state index in [1.54, 1.807) is 56.8 Å². The van der Waals surface area contributed by atoms with E-state index >= 15 is 0 Å². The van der Waals surface area contributed by atoms with Crippen LogP contribution in [0.5, 0.6) is 17.2 Å². The Bertz CT molecular complexity index is 5840. The highest BCUT2D eigenvalue weighted by Crippen LogP contribution is 2.36. The number of piperazine rings is 3. The van der Waals surface area contributed by atoms with E-state index in [1.807, 2.05) is 90.1 Å². The van der Waals surface area contributed by atoms with Gasteiger partial charge in [-0.2, -0.15) is 78.4 Å². The first-order chi connectivity index (χ1) is 53.2. The number of nitriles is 3. The summed E-state index contributed by atoms with van der Waals surface area (Å²) in [6, 6.07) is 26.3. The van der Waals surface area contributed by atoms with Gasteiger partial charge in [0.25, 0.3) is 10.2 Å². The second kappa shape index (κ2) is 33.8. The fourth-order valence-electron chi connectivity index (χ4n) is 12.4. The normalized spacial score (nSPS) is 14.3. The molecule has 0 saturated carbocycles. The van der Waals surface area contributed by atoms with Crippen LogP contribution in [0.4, 0.5) is 33.2 Å². The van der Waals surface area contributed by atoms with E-state index in [1.165, 1.54) is 50.0 Å². The molecular formula is C74H70FN23O9S3. The fourth-order valence-corrected chi connectivity index (χ4v) is 15.9. The van der Waals surface area contributed by atoms with Gasteiger partial charge in [0.15, 0.2) is 0 Å². The maximum atomic E-state index is 13.5. The topological polar surface area (TPSA) is 373 Å². The Hall–Kier alpha value is -13.0. The van der Waals surface area contributed by atoms with Crippen molar-refractivity contribution in [2.45, 2.75) is 20.8 Å². The van der Waals surface area contributed by atoms with Crippen molar-refractivity contribution in [1.29, 1.82) is 15.8 Å². The van der Waals surface area contributed by atoms with E-state index < -0.39 is 36.6 Å². The third-order valence-corrected chi connectivity index (χ3v) is 22.3. The molecule has 0 spiro atoms. The Balaban J connectivity index is 0.000000154. The molecule has 0 aromatic carbocycles. The number of ether oxygens (including phenoxy) is 3. The minimum atomic E-state index is -3.89. The second-order valence-electron chi connectivity index (χ2n) is 24.4. The molecule has 32 nitrogen and oxygen atoms in total. The molecule has 0 amide bonds. The Morgan fingerprint density at radius 2 is 0.818 bits per heavy atom. The predicted octanol–water partition coefficient (Wildman–Crippen LogP) is 6.44. The molecule has 11 aromatic rings. The van der Waals surface area contributed by atoms with Crippen LogP contribution in [0.1, 0.15) is 48.6 Å². The summed E-state index contributed by atoms with van der Waals surface area (Å²) in [7, 11) is -11.2. The largest absolute Gasteiger partial charge is 0.492 e. The van der Waals surface area contributed by atoms with Crippen molar-refractivity contribution in [2.75, 3.05) is 129 Å². The summed E-state index contributed by atoms with van der Waals surface area (Å²) < 4.78 is 123. The predicted molar refractivity (Wildman–Crippen MR) is 409 cm³/mol. The van der Waals surface area contributed by atoms with Gasteiger partial charge in [-0.25, -0.2) is 33.5 Å². The first kappa shape index (κ1) is 76.6. The SMILES string of the molecule is C#CCNS(=O)(=O)N1CCN(c2ccc(-c3cc(OCC)cn4ncc(C#N)c34)cn2)CC1.C#Cc1cc(NS(=O)(=O)N2CCN(c3ccc(-c4cc(OCC)cn5ncc(C#N)c45)cn3)CC2)cnc1F.C#Cc1cncc(NS(=O)(=O)N2CCN(c3ccc(-c4cc(OCC)cn5ncc(C#N)c45)cn3)CC2)c1. The quantitative estimate of drug-likeness (QED) is 0.0514. The molecule has 0 atom stereocenters. The first-order valence-corrected chi connectivity index (χ1v) is 38.6. The molecule has 3 aliphatic rings. The standard InChI is InChI=1S/C26H23FN8O3S.C26H24N8O3S.C22H23N7O3S/c1-3-18-11-21(16-30-26(18)27)32-39(36,37)34-9-7-33(8-10-34)24-6-5-19(14-29-24)23-12-22(38-4-2)17-35-25(23)20(13-28)15-31-35;1-3-19-11-22(17-28-14-19)31-38(35,36)33-9-7-32(8-10-33)25-6-5-20(15-29-25)24-12-23(37-4-2)18-34-26(24)21(13-27)16-30-34;1-3-7-26-33(30,31)28-10-8-27(9-11-28)21-6-5-17(14-24-21)20-12-19(32-4-2)16-29-22(20)18(13-23)15-25-29/h1,5-6,11-12,14-17,32H,4,7-10H2,2H3;1,5-6,11-12,14-18,31H,4,7-10H2,2H3;1,5-6,12,14-16,26H,4,7-11H2,2H3. The minimum Gasteiger partial charge on any atom is -0.492 e. The van der Waals surface area contributed by atoms with E-state index in [0.29, 0.717) is 153 Å². The summed E-state index contributed by atoms with van der Waals surface area (Å²) in [5.74, 6) is 10.1. The molecule has 3 aliphatic heterocycles. The molecule has 0 aliphatic carbocycles. The molecule has 3 saturated heterocycles. The van der Waals surface area contributed by atoms with Crippen LogP contribution in [-0.2, 0) is 30.6 Å². The van der Waals surface area contributed by atoms with E-state index in [9.17, 15) is 45.4 Å². The molecule has 36 heteroatoms. The monoisotopic (exact) mass is 1540 g/mol. The van der Waals surface area contributed by atoms with E-state index in [0.717, 1.165) is 51.2 Å². The number of hydrogen-bond donors (Lipinski definition) is 3. The third kappa shape index (κ3) is 17.2.